The molecule has 7 nitrogen and oxygen atoms in total. The van der Waals surface area contributed by atoms with Crippen LogP contribution in [0, 0.1) is 13.8 Å². The van der Waals surface area contributed by atoms with Crippen LogP contribution in [0.4, 0.5) is 0 Å². The molecule has 0 bridgehead atoms. The van der Waals surface area contributed by atoms with Gasteiger partial charge in [-0.05, 0) is 32.9 Å². The fourth-order valence-corrected chi connectivity index (χ4v) is 1.93. The minimum absolute atomic E-state index is 0.257. The maximum Gasteiger partial charge on any atom is 0.271 e. The monoisotopic (exact) mass is 289 g/mol. The fourth-order valence-electron chi connectivity index (χ4n) is 1.93. The molecule has 21 heavy (non-hydrogen) atoms. The molecule has 0 aliphatic heterocycles. The molecule has 0 radical (unpaired) electrons. The number of carbonyl (C=O) groups is 1. The van der Waals surface area contributed by atoms with Gasteiger partial charge < -0.3 is 10.1 Å². The lowest BCUT2D eigenvalue weighted by molar-refractivity contribution is 0.0945. The van der Waals surface area contributed by atoms with Crippen molar-refractivity contribution in [3.8, 4) is 5.88 Å². The minimum atomic E-state index is -0.257. The summed E-state index contributed by atoms with van der Waals surface area (Å²) in [6, 6.07) is 5.23. The Labute approximate surface area is 123 Å². The van der Waals surface area contributed by atoms with E-state index in [0.717, 1.165) is 11.4 Å². The molecule has 0 aliphatic carbocycles. The van der Waals surface area contributed by atoms with E-state index in [1.165, 1.54) is 0 Å². The molecule has 1 amide bonds. The molecule has 0 saturated heterocycles. The first kappa shape index (κ1) is 15.0. The molecule has 0 aliphatic rings. The highest BCUT2D eigenvalue weighted by Crippen LogP contribution is 2.04. The lowest BCUT2D eigenvalue weighted by Gasteiger charge is -2.06. The summed E-state index contributed by atoms with van der Waals surface area (Å²) < 4.78 is 7.04. The van der Waals surface area contributed by atoms with Crippen LogP contribution < -0.4 is 10.1 Å². The summed E-state index contributed by atoms with van der Waals surface area (Å²) in [5.74, 6) is 0.156. The van der Waals surface area contributed by atoms with Crippen LogP contribution in [0.25, 0.3) is 0 Å². The topological polar surface area (TPSA) is 81.9 Å². The van der Waals surface area contributed by atoms with Crippen LogP contribution in [-0.2, 0) is 6.54 Å². The number of aromatic nitrogens is 4. The summed E-state index contributed by atoms with van der Waals surface area (Å²) in [7, 11) is 0. The Morgan fingerprint density at radius 1 is 1.33 bits per heavy atom. The van der Waals surface area contributed by atoms with Gasteiger partial charge in [0.2, 0.25) is 5.88 Å². The summed E-state index contributed by atoms with van der Waals surface area (Å²) in [6.45, 7) is 7.41. The van der Waals surface area contributed by atoms with Gasteiger partial charge in [0.1, 0.15) is 0 Å². The molecular weight excluding hydrogens is 270 g/mol. The molecule has 2 heterocycles. The van der Waals surface area contributed by atoms with Crippen LogP contribution >= 0.6 is 0 Å². The normalized spacial score (nSPS) is 10.4. The van der Waals surface area contributed by atoms with Crippen molar-refractivity contribution >= 4 is 5.91 Å². The molecule has 7 heteroatoms. The molecule has 0 aromatic carbocycles. The second-order valence-electron chi connectivity index (χ2n) is 4.60. The van der Waals surface area contributed by atoms with Crippen molar-refractivity contribution in [3.63, 3.8) is 0 Å². The van der Waals surface area contributed by atoms with Crippen LogP contribution in [0.15, 0.2) is 18.2 Å². The third-order valence-corrected chi connectivity index (χ3v) is 2.88. The summed E-state index contributed by atoms with van der Waals surface area (Å²) >= 11 is 0. The molecule has 2 rings (SSSR count). The highest BCUT2D eigenvalue weighted by atomic mass is 16.5. The predicted octanol–water partition coefficient (Wildman–Crippen LogP) is 1.12. The molecule has 0 saturated carbocycles. The number of carbonyl (C=O) groups excluding carboxylic acids is 1. The summed E-state index contributed by atoms with van der Waals surface area (Å²) in [4.78, 5) is 11.9. The van der Waals surface area contributed by atoms with E-state index in [0.29, 0.717) is 25.6 Å². The van der Waals surface area contributed by atoms with Gasteiger partial charge in [-0.2, -0.15) is 5.10 Å². The van der Waals surface area contributed by atoms with Gasteiger partial charge in [-0.25, -0.2) is 0 Å². The van der Waals surface area contributed by atoms with Crippen molar-refractivity contribution in [2.75, 3.05) is 13.2 Å². The second-order valence-corrected chi connectivity index (χ2v) is 4.60. The largest absolute Gasteiger partial charge is 0.477 e. The zero-order chi connectivity index (χ0) is 15.2. The lowest BCUT2D eigenvalue weighted by Crippen LogP contribution is -2.28. The predicted molar refractivity (Wildman–Crippen MR) is 77.2 cm³/mol. The van der Waals surface area contributed by atoms with Crippen molar-refractivity contribution in [3.05, 3.63) is 35.3 Å². The van der Waals surface area contributed by atoms with E-state index in [-0.39, 0.29) is 11.6 Å². The number of rotatable bonds is 6. The molecule has 0 unspecified atom stereocenters. The minimum Gasteiger partial charge on any atom is -0.477 e. The highest BCUT2D eigenvalue weighted by Gasteiger charge is 2.08. The van der Waals surface area contributed by atoms with Gasteiger partial charge in [-0.15, -0.1) is 10.2 Å². The van der Waals surface area contributed by atoms with Gasteiger partial charge in [0.05, 0.1) is 18.8 Å². The number of nitrogens with zero attached hydrogens (tertiary/aromatic N) is 4. The first-order valence-corrected chi connectivity index (χ1v) is 6.86. The average Bonchev–Trinajstić information content (AvgIpc) is 2.78. The SMILES string of the molecule is CCOc1ccc(C(=O)NCCn2nc(C)cc2C)nn1. The number of hydrogen-bond donors (Lipinski definition) is 1. The Balaban J connectivity index is 1.85. The molecule has 0 atom stereocenters. The van der Waals surface area contributed by atoms with E-state index >= 15 is 0 Å². The zero-order valence-corrected chi connectivity index (χ0v) is 12.5. The van der Waals surface area contributed by atoms with Crippen molar-refractivity contribution in [1.82, 2.24) is 25.3 Å². The van der Waals surface area contributed by atoms with E-state index in [9.17, 15) is 4.79 Å². The molecule has 1 N–H and O–H groups in total. The van der Waals surface area contributed by atoms with Crippen LogP contribution in [-0.4, -0.2) is 39.0 Å². The van der Waals surface area contributed by atoms with Crippen LogP contribution in [0.5, 0.6) is 5.88 Å². The number of amides is 1. The smallest absolute Gasteiger partial charge is 0.271 e. The maximum absolute atomic E-state index is 11.9. The molecule has 0 fully saturated rings. The van der Waals surface area contributed by atoms with Gasteiger partial charge in [0.15, 0.2) is 5.69 Å². The van der Waals surface area contributed by atoms with Gasteiger partial charge >= 0.3 is 0 Å². The Hall–Kier alpha value is -2.44. The number of hydrogen-bond acceptors (Lipinski definition) is 5. The van der Waals surface area contributed by atoms with Crippen LogP contribution in [0.3, 0.4) is 0 Å². The molecular formula is C14H19N5O2. The first-order valence-electron chi connectivity index (χ1n) is 6.86. The Bertz CT molecular complexity index is 606. The first-order chi connectivity index (χ1) is 10.1. The van der Waals surface area contributed by atoms with Crippen molar-refractivity contribution in [1.29, 1.82) is 0 Å². The Kier molecular flexibility index (Phi) is 4.86. The summed E-state index contributed by atoms with van der Waals surface area (Å²) in [5.41, 5.74) is 2.31. The highest BCUT2D eigenvalue weighted by molar-refractivity contribution is 5.92. The van der Waals surface area contributed by atoms with Crippen molar-refractivity contribution in [2.24, 2.45) is 0 Å². The van der Waals surface area contributed by atoms with E-state index in [4.69, 9.17) is 4.74 Å². The standard InChI is InChI=1S/C14H19N5O2/c1-4-21-13-6-5-12(16-17-13)14(20)15-7-8-19-11(3)9-10(2)18-19/h5-6,9H,4,7-8H2,1-3H3,(H,15,20). The third kappa shape index (κ3) is 4.01. The second kappa shape index (κ2) is 6.83. The number of ether oxygens (including phenoxy) is 1. The molecule has 2 aromatic rings. The quantitative estimate of drug-likeness (QED) is 0.861. The van der Waals surface area contributed by atoms with Crippen LogP contribution in [0.1, 0.15) is 28.8 Å². The summed E-state index contributed by atoms with van der Waals surface area (Å²) in [6.07, 6.45) is 0. The number of aryl methyl sites for hydroxylation is 2. The van der Waals surface area contributed by atoms with E-state index in [1.807, 2.05) is 31.5 Å². The molecule has 0 spiro atoms. The number of nitrogens with one attached hydrogen (secondary N) is 1. The fraction of sp³-hybridized carbons (Fsp3) is 0.429. The zero-order valence-electron chi connectivity index (χ0n) is 12.5. The van der Waals surface area contributed by atoms with Crippen molar-refractivity contribution < 1.29 is 9.53 Å². The maximum atomic E-state index is 11.9. The van der Waals surface area contributed by atoms with Crippen molar-refractivity contribution in [2.45, 2.75) is 27.3 Å². The van der Waals surface area contributed by atoms with E-state index in [2.05, 4.69) is 20.6 Å². The summed E-state index contributed by atoms with van der Waals surface area (Å²) in [5, 5.41) is 14.8. The van der Waals surface area contributed by atoms with E-state index in [1.54, 1.807) is 12.1 Å². The lowest BCUT2D eigenvalue weighted by atomic mass is 10.3. The molecule has 2 aromatic heterocycles. The Morgan fingerprint density at radius 2 is 2.14 bits per heavy atom. The van der Waals surface area contributed by atoms with Crippen LogP contribution in [0.2, 0.25) is 0 Å². The van der Waals surface area contributed by atoms with Gasteiger partial charge in [-0.1, -0.05) is 0 Å². The van der Waals surface area contributed by atoms with Gasteiger partial charge in [0.25, 0.3) is 5.91 Å². The molecule has 112 valence electrons. The van der Waals surface area contributed by atoms with E-state index < -0.39 is 0 Å². The average molecular weight is 289 g/mol. The third-order valence-electron chi connectivity index (χ3n) is 2.88. The van der Waals surface area contributed by atoms with Gasteiger partial charge in [-0.3, -0.25) is 9.48 Å². The Morgan fingerprint density at radius 3 is 2.71 bits per heavy atom. The van der Waals surface area contributed by atoms with Gasteiger partial charge in [0, 0.05) is 18.3 Å².